The van der Waals surface area contributed by atoms with Crippen molar-refractivity contribution in [2.75, 3.05) is 0 Å². The van der Waals surface area contributed by atoms with Crippen molar-refractivity contribution in [2.45, 2.75) is 267 Å². The van der Waals surface area contributed by atoms with Crippen molar-refractivity contribution in [3.63, 3.8) is 0 Å². The Morgan fingerprint density at radius 2 is 0.473 bits per heavy atom. The van der Waals surface area contributed by atoms with Gasteiger partial charge in [-0.1, -0.05) is 191 Å². The maximum Gasteiger partial charge on any atom is 0.266 e. The zero-order chi connectivity index (χ0) is 109. The fourth-order valence-corrected chi connectivity index (χ4v) is 14.4. The summed E-state index contributed by atoms with van der Waals surface area (Å²) >= 11 is 45.4. The van der Waals surface area contributed by atoms with E-state index in [1.165, 1.54) is 11.1 Å². The van der Waals surface area contributed by atoms with E-state index in [4.69, 9.17) is 109 Å². The monoisotopic (exact) mass is 2380 g/mol. The number of carbonyl (C=O) groups is 8. The molecule has 0 aliphatic heterocycles. The molecule has 146 heavy (non-hydrogen) atoms. The largest absolute Gasteiger partial charge is 0.391 e. The topological polar surface area (TPSA) is 406 Å². The number of rotatable bonds is 40. The Labute approximate surface area is 920 Å². The van der Waals surface area contributed by atoms with E-state index >= 15 is 0 Å². The summed E-state index contributed by atoms with van der Waals surface area (Å²) in [5.74, 6) is -1.12. The molecule has 0 atom stereocenters. The fraction of sp³-hybridized carbons (Fsp3) is 0.385. The van der Waals surface area contributed by atoms with Gasteiger partial charge < -0.3 is 38.7 Å². The van der Waals surface area contributed by atoms with Crippen molar-refractivity contribution < 1.29 is 77.1 Å². The second kappa shape index (κ2) is 72.3. The first kappa shape index (κ1) is 129. The van der Waals surface area contributed by atoms with Crippen molar-refractivity contribution in [1.82, 2.24) is 36.7 Å². The molecule has 2 aliphatic carbocycles. The van der Waals surface area contributed by atoms with E-state index < -0.39 is 0 Å². The van der Waals surface area contributed by atoms with E-state index in [-0.39, 0.29) is 86.9 Å². The standard InChI is InChI=1S/C15H19ClN2O2.C14H17ClN2O2.C14H19ClN2O2.C13H17BrN2O2.C13H17ClN2O2.C12H14BrClN2O2.C12H15BrN2O2.C11H12BrClN2O2/c1-3-10(2)18-20-9-14-12(11-7-8-11)5-4-6-13(14)15(19)17-16;1-9(2)17-19-8-13-11(10-6-7-10)4-3-5-12(13)14(18)16-15;1-4-10(3)17-19-9-13-11(5-2)7-6-8-12(13)14(18)16-15;1-4-10(3)16-18-8-12-9(2)6-5-7-11(12)13(17)15-14;1-4-10-6-5-7-11(13(17)15-14)12(10)8-18-16-9(2)3;1-3-8(2)16-18-7-10-9(12(17)15-13)5-4-6-11(10)14;1-8(2)15-17-7-11-9(3)5-4-6-10(11)12(16)14-13;1-7(2)15-17-6-9-8(11(16)14-12)4-3-5-10(9)13/h4-6,11H,3,7-9H2,1-2H3,(H,17,19);3-5,10H,6-8H2,1-2H3,(H,16,18);6-8H,4-5,9H2,1-3H3,(H,16,18);2*5-7H,4,8H2,1-3H3,(H,15,17);4-6H,3,7H2,1-2H3,(H,15,17);4-6H,7H2,1-3H3,(H,14,16);3-5H,6H2,1-2H3,(H,14,16). The summed E-state index contributed by atoms with van der Waals surface area (Å²) in [6, 6.07) is 43.7. The third-order valence-electron chi connectivity index (χ3n) is 21.1. The molecule has 8 N–H and O–H groups in total. The van der Waals surface area contributed by atoms with Gasteiger partial charge in [0.1, 0.15) is 52.9 Å². The summed E-state index contributed by atoms with van der Waals surface area (Å²) in [7, 11) is 0. The van der Waals surface area contributed by atoms with Crippen molar-refractivity contribution in [1.29, 1.82) is 0 Å². The minimum atomic E-state index is -0.331. The first-order valence-corrected chi connectivity index (χ1v) is 51.9. The summed E-state index contributed by atoms with van der Waals surface area (Å²) in [6.07, 6.45) is 9.63. The van der Waals surface area contributed by atoms with Crippen molar-refractivity contribution >= 4 is 228 Å². The van der Waals surface area contributed by atoms with E-state index in [0.29, 0.717) is 90.7 Å². The molecule has 8 amide bonds. The number of nitrogens with zero attached hydrogens (tertiary/aromatic N) is 8. The highest BCUT2D eigenvalue weighted by molar-refractivity contribution is 9.08. The molecule has 0 saturated heterocycles. The Morgan fingerprint density at radius 3 is 0.699 bits per heavy atom. The van der Waals surface area contributed by atoms with Gasteiger partial charge in [-0.05, 0) is 267 Å². The van der Waals surface area contributed by atoms with Crippen molar-refractivity contribution in [2.24, 2.45) is 41.2 Å². The average Bonchev–Trinajstić information content (AvgIpc) is 1.64. The zero-order valence-corrected chi connectivity index (χ0v) is 96.5. The summed E-state index contributed by atoms with van der Waals surface area (Å²) < 4.78 is 9.63. The van der Waals surface area contributed by atoms with Crippen LogP contribution in [0.3, 0.4) is 0 Å². The van der Waals surface area contributed by atoms with Gasteiger partial charge in [-0.25, -0.2) is 0 Å². The molecule has 42 heteroatoms. The van der Waals surface area contributed by atoms with Crippen LogP contribution in [0.25, 0.3) is 0 Å². The van der Waals surface area contributed by atoms with E-state index in [2.05, 4.69) is 149 Å². The van der Waals surface area contributed by atoms with Crippen LogP contribution < -0.4 is 36.7 Å². The molecule has 0 bridgehead atoms. The molecule has 0 aromatic heterocycles. The van der Waals surface area contributed by atoms with Crippen molar-refractivity contribution in [3.8, 4) is 0 Å². The summed E-state index contributed by atoms with van der Waals surface area (Å²) in [6.45, 7) is 40.3. The molecule has 8 aromatic rings. The number of amides is 8. The van der Waals surface area contributed by atoms with Crippen LogP contribution in [0.5, 0.6) is 0 Å². The van der Waals surface area contributed by atoms with Crippen LogP contribution in [-0.2, 0) is 104 Å². The van der Waals surface area contributed by atoms with Crippen LogP contribution in [0.1, 0.15) is 349 Å². The lowest BCUT2D eigenvalue weighted by Gasteiger charge is -2.12. The number of benzene rings is 8. The van der Waals surface area contributed by atoms with Crippen LogP contribution in [0.2, 0.25) is 10.0 Å². The number of hydrogen-bond acceptors (Lipinski definition) is 24. The number of aryl methyl sites for hydroxylation is 4. The molecule has 32 nitrogen and oxygen atoms in total. The number of hydrogen-bond donors (Lipinski definition) is 8. The first-order valence-electron chi connectivity index (χ1n) is 46.4. The minimum absolute atomic E-state index is 0.153. The Bertz CT molecular complexity index is 5700. The van der Waals surface area contributed by atoms with Gasteiger partial charge in [0.15, 0.2) is 0 Å². The van der Waals surface area contributed by atoms with E-state index in [0.717, 1.165) is 166 Å². The van der Waals surface area contributed by atoms with Crippen LogP contribution >= 0.6 is 135 Å². The van der Waals surface area contributed by atoms with E-state index in [1.807, 2.05) is 205 Å². The number of oxime groups is 8. The van der Waals surface area contributed by atoms with Gasteiger partial charge in [0.05, 0.1) is 45.7 Å². The normalized spacial score (nSPS) is 11.5. The van der Waals surface area contributed by atoms with Gasteiger partial charge in [0.25, 0.3) is 47.3 Å². The third kappa shape index (κ3) is 46.6. The third-order valence-corrected chi connectivity index (χ3v) is 23.9. The fourth-order valence-electron chi connectivity index (χ4n) is 12.7. The summed E-state index contributed by atoms with van der Waals surface area (Å²) in [5, 5.41) is 32.3. The molecule has 0 unspecified atom stereocenters. The maximum atomic E-state index is 11.8. The molecule has 0 heterocycles. The lowest BCUT2D eigenvalue weighted by molar-refractivity contribution is 0.0962. The Kier molecular flexibility index (Phi) is 63.9. The lowest BCUT2D eigenvalue weighted by Crippen LogP contribution is -2.16. The maximum absolute atomic E-state index is 11.8. The van der Waals surface area contributed by atoms with E-state index in [9.17, 15) is 38.4 Å². The smallest absolute Gasteiger partial charge is 0.266 e. The Hall–Kier alpha value is -11.1. The van der Waals surface area contributed by atoms with Gasteiger partial charge >= 0.3 is 0 Å². The first-order chi connectivity index (χ1) is 69.8. The predicted octanol–water partition coefficient (Wildman–Crippen LogP) is 26.8. The van der Waals surface area contributed by atoms with Crippen LogP contribution in [0.15, 0.2) is 187 Å². The second-order valence-electron chi connectivity index (χ2n) is 33.1. The van der Waals surface area contributed by atoms with Gasteiger partial charge in [-0.2, -0.15) is 0 Å². The second-order valence-corrected chi connectivity index (χ2v) is 36.2. The zero-order valence-electron chi connectivity index (χ0n) is 85.6. The number of halogens is 10. The van der Waals surface area contributed by atoms with Crippen molar-refractivity contribution in [3.05, 3.63) is 278 Å². The highest BCUT2D eigenvalue weighted by Crippen LogP contribution is 2.44. The molecule has 8 aromatic carbocycles. The molecular weight excluding hydrogens is 2260 g/mol. The van der Waals surface area contributed by atoms with Gasteiger partial charge in [-0.15, -0.1) is 0 Å². The van der Waals surface area contributed by atoms with Gasteiger partial charge in [-0.3, -0.25) is 75.1 Å². The molecule has 2 saturated carbocycles. The number of carbonyl (C=O) groups excluding carboxylic acids is 8. The molecule has 0 radical (unpaired) electrons. The SMILES string of the molecule is CC(C)=NOCc1c(C(=O)NCl)cccc1C1CC1.CC(C)=NOCc1c(C)cccc1C(=O)NBr.CC(C)=NOCc1c(Cl)cccc1C(=O)NBr.CCC(C)=NOCc1c(C(=O)NCl)cccc1C1CC1.CCC(C)=NOCc1c(C)cccc1C(=O)NBr.CCC(C)=NOCc1c(CC)cccc1C(=O)NCl.CCC(C)=NOCc1c(Cl)cccc1C(=O)NBr.CCc1cccc(C(=O)NCl)c1CON=C(C)C. The Balaban J connectivity index is 0.000000429. The van der Waals surface area contributed by atoms with Crippen LogP contribution in [0.4, 0.5) is 0 Å². The highest BCUT2D eigenvalue weighted by Gasteiger charge is 2.31. The minimum Gasteiger partial charge on any atom is -0.391 e. The molecule has 10 rings (SSSR count). The van der Waals surface area contributed by atoms with Crippen LogP contribution in [-0.4, -0.2) is 93.0 Å². The molecule has 2 aliphatic rings. The molecule has 792 valence electrons. The van der Waals surface area contributed by atoms with Crippen LogP contribution in [0, 0.1) is 13.8 Å². The van der Waals surface area contributed by atoms with Gasteiger partial charge in [0, 0.05) is 211 Å². The molecule has 2 fully saturated rings. The number of nitrogens with one attached hydrogen (secondary N) is 8. The average molecular weight is 2390 g/mol. The highest BCUT2D eigenvalue weighted by atomic mass is 79.9. The molecular formula is C104H130Br4Cl6N16O16. The predicted molar refractivity (Wildman–Crippen MR) is 600 cm³/mol. The van der Waals surface area contributed by atoms with E-state index in [1.54, 1.807) is 72.8 Å². The summed E-state index contributed by atoms with van der Waals surface area (Å²) in [5.41, 5.74) is 24.0. The molecule has 0 spiro atoms. The summed E-state index contributed by atoms with van der Waals surface area (Å²) in [4.78, 5) is 144. The Morgan fingerprint density at radius 1 is 0.274 bits per heavy atom. The van der Waals surface area contributed by atoms with Gasteiger partial charge in [0.2, 0.25) is 0 Å². The lowest BCUT2D eigenvalue weighted by atomic mass is 9.98. The quantitative estimate of drug-likeness (QED) is 0.0100.